The monoisotopic (exact) mass is 328 g/mol. The van der Waals surface area contributed by atoms with Crippen molar-refractivity contribution in [3.8, 4) is 5.75 Å². The fourth-order valence-electron chi connectivity index (χ4n) is 1.71. The second kappa shape index (κ2) is 5.72. The summed E-state index contributed by atoms with van der Waals surface area (Å²) < 4.78 is 19.1. The molecule has 0 aliphatic rings. The molecule has 0 aliphatic heterocycles. The Morgan fingerprint density at radius 1 is 1.17 bits per heavy atom. The zero-order valence-electron chi connectivity index (χ0n) is 9.66. The van der Waals surface area contributed by atoms with Gasteiger partial charge in [-0.05, 0) is 29.8 Å². The van der Waals surface area contributed by atoms with Crippen molar-refractivity contribution in [1.82, 2.24) is 0 Å². The van der Waals surface area contributed by atoms with E-state index in [9.17, 15) is 4.39 Å². The van der Waals surface area contributed by atoms with Crippen LogP contribution in [0.3, 0.4) is 0 Å². The van der Waals surface area contributed by atoms with Crippen LogP contribution in [0.4, 0.5) is 4.39 Å². The molecule has 0 aliphatic carbocycles. The molecule has 0 amide bonds. The molecular weight excluding hydrogens is 319 g/mol. The number of methoxy groups -OCH3 is 1. The molecular formula is C14H11BrClFO. The van der Waals surface area contributed by atoms with E-state index in [4.69, 9.17) is 16.3 Å². The van der Waals surface area contributed by atoms with Gasteiger partial charge in [0.05, 0.1) is 12.5 Å². The summed E-state index contributed by atoms with van der Waals surface area (Å²) in [4.78, 5) is 0. The van der Waals surface area contributed by atoms with Crippen LogP contribution in [0.5, 0.6) is 5.75 Å². The molecule has 1 atom stereocenters. The van der Waals surface area contributed by atoms with Gasteiger partial charge in [0.1, 0.15) is 11.6 Å². The van der Waals surface area contributed by atoms with Crippen LogP contribution in [0.2, 0.25) is 0 Å². The van der Waals surface area contributed by atoms with Crippen molar-refractivity contribution >= 4 is 27.5 Å². The van der Waals surface area contributed by atoms with Crippen LogP contribution in [-0.2, 0) is 0 Å². The number of benzene rings is 2. The molecule has 2 aromatic carbocycles. The Morgan fingerprint density at radius 3 is 2.44 bits per heavy atom. The zero-order chi connectivity index (χ0) is 13.1. The van der Waals surface area contributed by atoms with Gasteiger partial charge in [-0.2, -0.15) is 0 Å². The fraction of sp³-hybridized carbons (Fsp3) is 0.143. The van der Waals surface area contributed by atoms with E-state index < -0.39 is 0 Å². The molecule has 2 aromatic rings. The minimum atomic E-state index is -0.367. The van der Waals surface area contributed by atoms with Gasteiger partial charge in [0, 0.05) is 10.0 Å². The summed E-state index contributed by atoms with van der Waals surface area (Å²) in [7, 11) is 1.60. The molecule has 94 valence electrons. The van der Waals surface area contributed by atoms with Crippen LogP contribution in [0.15, 0.2) is 46.9 Å². The molecule has 0 aromatic heterocycles. The Balaban J connectivity index is 2.39. The van der Waals surface area contributed by atoms with Gasteiger partial charge < -0.3 is 4.74 Å². The smallest absolute Gasteiger partial charge is 0.125 e. The lowest BCUT2D eigenvalue weighted by molar-refractivity contribution is 0.410. The third kappa shape index (κ3) is 2.85. The van der Waals surface area contributed by atoms with Gasteiger partial charge in [0.2, 0.25) is 0 Å². The van der Waals surface area contributed by atoms with Crippen molar-refractivity contribution in [2.24, 2.45) is 0 Å². The molecule has 0 bridgehead atoms. The first-order chi connectivity index (χ1) is 8.61. The van der Waals surface area contributed by atoms with Crippen LogP contribution in [0, 0.1) is 5.82 Å². The number of halogens is 3. The van der Waals surface area contributed by atoms with Crippen molar-refractivity contribution in [3.63, 3.8) is 0 Å². The summed E-state index contributed by atoms with van der Waals surface area (Å²) in [5, 5.41) is -0.367. The van der Waals surface area contributed by atoms with Gasteiger partial charge in [0.15, 0.2) is 0 Å². The molecule has 0 N–H and O–H groups in total. The van der Waals surface area contributed by atoms with Crippen molar-refractivity contribution in [3.05, 3.63) is 63.9 Å². The van der Waals surface area contributed by atoms with Gasteiger partial charge in [-0.15, -0.1) is 11.6 Å². The highest BCUT2D eigenvalue weighted by molar-refractivity contribution is 9.10. The summed E-state index contributed by atoms with van der Waals surface area (Å²) in [6.07, 6.45) is 0. The summed E-state index contributed by atoms with van der Waals surface area (Å²) in [6, 6.07) is 11.8. The van der Waals surface area contributed by atoms with Crippen LogP contribution in [-0.4, -0.2) is 7.11 Å². The fourth-order valence-corrected chi connectivity index (χ4v) is 2.37. The Bertz CT molecular complexity index is 542. The number of alkyl halides is 1. The summed E-state index contributed by atoms with van der Waals surface area (Å²) in [5.41, 5.74) is 1.69. The third-order valence-corrected chi connectivity index (χ3v) is 3.61. The first-order valence-electron chi connectivity index (χ1n) is 5.35. The molecule has 1 unspecified atom stereocenters. The predicted molar refractivity (Wildman–Crippen MR) is 74.8 cm³/mol. The summed E-state index contributed by atoms with van der Waals surface area (Å²) in [5.74, 6) is 0.430. The van der Waals surface area contributed by atoms with Crippen LogP contribution in [0.25, 0.3) is 0 Å². The Labute approximate surface area is 119 Å². The highest BCUT2D eigenvalue weighted by atomic mass is 79.9. The average molecular weight is 330 g/mol. The minimum Gasteiger partial charge on any atom is -0.496 e. The van der Waals surface area contributed by atoms with E-state index in [0.29, 0.717) is 5.75 Å². The van der Waals surface area contributed by atoms with Crippen molar-refractivity contribution in [2.45, 2.75) is 5.38 Å². The number of hydrogen-bond acceptors (Lipinski definition) is 1. The quantitative estimate of drug-likeness (QED) is 0.726. The van der Waals surface area contributed by atoms with Crippen LogP contribution < -0.4 is 4.74 Å². The number of ether oxygens (including phenoxy) is 1. The van der Waals surface area contributed by atoms with Crippen molar-refractivity contribution in [2.75, 3.05) is 7.11 Å². The number of rotatable bonds is 3. The predicted octanol–water partition coefficient (Wildman–Crippen LogP) is 4.93. The van der Waals surface area contributed by atoms with E-state index in [1.165, 1.54) is 12.1 Å². The van der Waals surface area contributed by atoms with E-state index in [-0.39, 0.29) is 11.2 Å². The maximum absolute atomic E-state index is 12.9. The lowest BCUT2D eigenvalue weighted by Gasteiger charge is -2.14. The molecule has 0 heterocycles. The van der Waals surface area contributed by atoms with E-state index >= 15 is 0 Å². The lowest BCUT2D eigenvalue weighted by atomic mass is 10.0. The van der Waals surface area contributed by atoms with E-state index in [1.54, 1.807) is 19.2 Å². The molecule has 0 fully saturated rings. The summed E-state index contributed by atoms with van der Waals surface area (Å²) in [6.45, 7) is 0. The normalized spacial score (nSPS) is 12.2. The van der Waals surface area contributed by atoms with E-state index in [1.807, 2.05) is 18.2 Å². The highest BCUT2D eigenvalue weighted by Gasteiger charge is 2.15. The van der Waals surface area contributed by atoms with Gasteiger partial charge in [-0.3, -0.25) is 0 Å². The van der Waals surface area contributed by atoms with E-state index in [2.05, 4.69) is 15.9 Å². The first kappa shape index (κ1) is 13.4. The second-order valence-corrected chi connectivity index (χ2v) is 5.15. The van der Waals surface area contributed by atoms with Crippen molar-refractivity contribution < 1.29 is 9.13 Å². The highest BCUT2D eigenvalue weighted by Crippen LogP contribution is 2.36. The van der Waals surface area contributed by atoms with Gasteiger partial charge >= 0.3 is 0 Å². The molecule has 0 radical (unpaired) electrons. The molecule has 0 saturated heterocycles. The zero-order valence-corrected chi connectivity index (χ0v) is 12.0. The molecule has 0 saturated carbocycles. The maximum Gasteiger partial charge on any atom is 0.125 e. The Morgan fingerprint density at radius 2 is 1.83 bits per heavy atom. The lowest BCUT2D eigenvalue weighted by Crippen LogP contribution is -1.97. The van der Waals surface area contributed by atoms with Gasteiger partial charge in [-0.1, -0.05) is 34.1 Å². The average Bonchev–Trinajstić information content (AvgIpc) is 2.38. The van der Waals surface area contributed by atoms with Crippen LogP contribution in [0.1, 0.15) is 16.5 Å². The third-order valence-electron chi connectivity index (χ3n) is 2.63. The SMILES string of the molecule is COc1cc(Br)ccc1C(Cl)c1ccc(F)cc1. The van der Waals surface area contributed by atoms with E-state index in [0.717, 1.165) is 15.6 Å². The number of hydrogen-bond donors (Lipinski definition) is 0. The largest absolute Gasteiger partial charge is 0.496 e. The van der Waals surface area contributed by atoms with Gasteiger partial charge in [0.25, 0.3) is 0 Å². The molecule has 18 heavy (non-hydrogen) atoms. The minimum absolute atomic E-state index is 0.273. The topological polar surface area (TPSA) is 9.23 Å². The Kier molecular flexibility index (Phi) is 4.25. The maximum atomic E-state index is 12.9. The molecule has 1 nitrogen and oxygen atoms in total. The molecule has 2 rings (SSSR count). The standard InChI is InChI=1S/C14H11BrClFO/c1-18-13-8-10(15)4-7-12(13)14(16)9-2-5-11(17)6-3-9/h2-8,14H,1H3. The molecule has 4 heteroatoms. The van der Waals surface area contributed by atoms with Gasteiger partial charge in [-0.25, -0.2) is 4.39 Å². The van der Waals surface area contributed by atoms with Crippen LogP contribution >= 0.6 is 27.5 Å². The first-order valence-corrected chi connectivity index (χ1v) is 6.57. The molecule has 0 spiro atoms. The summed E-state index contributed by atoms with van der Waals surface area (Å²) >= 11 is 9.78. The van der Waals surface area contributed by atoms with Crippen molar-refractivity contribution in [1.29, 1.82) is 0 Å². The Hall–Kier alpha value is -1.06. The second-order valence-electron chi connectivity index (χ2n) is 3.80.